The van der Waals surface area contributed by atoms with Crippen molar-refractivity contribution in [3.8, 4) is 0 Å². The fourth-order valence-corrected chi connectivity index (χ4v) is 4.18. The molecule has 0 unspecified atom stereocenters. The average Bonchev–Trinajstić information content (AvgIpc) is 2.78. The highest BCUT2D eigenvalue weighted by atomic mass is 35.5. The van der Waals surface area contributed by atoms with Crippen LogP contribution in [0.1, 0.15) is 81.7 Å². The molecule has 0 aliphatic rings. The average molecular weight is 532 g/mol. The number of aryl methyl sites for hydroxylation is 1. The van der Waals surface area contributed by atoms with Gasteiger partial charge in [-0.2, -0.15) is 4.39 Å². The molecule has 0 atom stereocenters. The monoisotopic (exact) mass is 531 g/mol. The van der Waals surface area contributed by atoms with Crippen molar-refractivity contribution < 1.29 is 12.8 Å². The minimum Gasteiger partial charge on any atom is -0.261 e. The Morgan fingerprint density at radius 1 is 0.917 bits per heavy atom. The molecule has 36 heavy (non-hydrogen) atoms. The van der Waals surface area contributed by atoms with Gasteiger partial charge in [0, 0.05) is 28.7 Å². The first-order chi connectivity index (χ1) is 16.7. The third-order valence-electron chi connectivity index (χ3n) is 5.26. The van der Waals surface area contributed by atoms with Crippen LogP contribution < -0.4 is 0 Å². The topological polar surface area (TPSA) is 64.3 Å². The van der Waals surface area contributed by atoms with Crippen molar-refractivity contribution in [1.82, 2.24) is 9.97 Å². The molecule has 3 aromatic rings. The van der Waals surface area contributed by atoms with Crippen LogP contribution in [0.3, 0.4) is 0 Å². The number of aromatic nitrogens is 2. The van der Waals surface area contributed by atoms with Crippen molar-refractivity contribution in [2.24, 2.45) is 0 Å². The summed E-state index contributed by atoms with van der Waals surface area (Å²) in [5.74, 6) is 0.296. The van der Waals surface area contributed by atoms with Crippen LogP contribution in [0, 0.1) is 19.4 Å². The second-order valence-corrected chi connectivity index (χ2v) is 11.6. The fourth-order valence-electron chi connectivity index (χ4n) is 3.23. The molecule has 0 saturated heterocycles. The number of hydrogen-bond acceptors (Lipinski definition) is 4. The van der Waals surface area contributed by atoms with Crippen LogP contribution in [0.4, 0.5) is 10.1 Å². The van der Waals surface area contributed by atoms with Gasteiger partial charge in [-0.1, -0.05) is 77.4 Å². The van der Waals surface area contributed by atoms with Crippen molar-refractivity contribution in [2.75, 3.05) is 6.26 Å². The Morgan fingerprint density at radius 3 is 1.86 bits per heavy atom. The van der Waals surface area contributed by atoms with E-state index in [9.17, 15) is 12.8 Å². The van der Waals surface area contributed by atoms with Gasteiger partial charge in [0.2, 0.25) is 5.95 Å². The van der Waals surface area contributed by atoms with Gasteiger partial charge in [0.15, 0.2) is 20.6 Å². The Kier molecular flexibility index (Phi) is 12.2. The summed E-state index contributed by atoms with van der Waals surface area (Å²) in [6, 6.07) is 12.3. The molecule has 0 spiro atoms. The number of pyridine rings is 2. The van der Waals surface area contributed by atoms with Gasteiger partial charge in [-0.15, -0.1) is 0 Å². The normalized spacial score (nSPS) is 10.9. The maximum Gasteiger partial charge on any atom is 0.217 e. The molecule has 5 nitrogen and oxygen atoms in total. The molecule has 0 bridgehead atoms. The van der Waals surface area contributed by atoms with Crippen molar-refractivity contribution >= 4 is 27.1 Å². The first-order valence-corrected chi connectivity index (χ1v) is 13.9. The smallest absolute Gasteiger partial charge is 0.217 e. The molecule has 0 fully saturated rings. The number of benzene rings is 1. The zero-order chi connectivity index (χ0) is 27.6. The second kappa shape index (κ2) is 14.1. The number of rotatable bonds is 4. The summed E-state index contributed by atoms with van der Waals surface area (Å²) in [6.07, 6.45) is 2.84. The van der Waals surface area contributed by atoms with Crippen molar-refractivity contribution in [1.29, 1.82) is 0 Å². The molecular weight excluding hydrogens is 497 g/mol. The first-order valence-electron chi connectivity index (χ1n) is 11.6. The molecule has 0 radical (unpaired) electrons. The second-order valence-electron chi connectivity index (χ2n) is 9.26. The van der Waals surface area contributed by atoms with E-state index >= 15 is 0 Å². The Hall–Kier alpha value is -2.82. The molecule has 0 aliphatic heterocycles. The minimum absolute atomic E-state index is 0.00360. The first kappa shape index (κ1) is 31.2. The molecule has 1 aromatic carbocycles. The third kappa shape index (κ3) is 9.67. The molecule has 2 aromatic heterocycles. The van der Waals surface area contributed by atoms with E-state index in [0.29, 0.717) is 28.1 Å². The molecule has 2 heterocycles. The molecule has 0 amide bonds. The van der Waals surface area contributed by atoms with E-state index in [1.807, 2.05) is 32.2 Å². The standard InChI is InChI=1S/C10H10ClN.C9H12FNO2S.C9H13N/c1-7(2)9-5-4-8(12-3)6-10(9)11;1-6(2)7-4-5-8(11-9(7)10)14(3,12)13;1-7(2)9-5-4-6-10-8(9)3/h4-7H,1-2H3;4-6H,1-3H3;4-7H,1-3H3. The zero-order valence-corrected chi connectivity index (χ0v) is 23.7. The highest BCUT2D eigenvalue weighted by Crippen LogP contribution is 2.28. The summed E-state index contributed by atoms with van der Waals surface area (Å²) in [4.78, 5) is 10.9. The molecule has 194 valence electrons. The molecule has 0 N–H and O–H groups in total. The van der Waals surface area contributed by atoms with E-state index in [1.54, 1.807) is 12.1 Å². The summed E-state index contributed by atoms with van der Waals surface area (Å²) in [7, 11) is -3.42. The summed E-state index contributed by atoms with van der Waals surface area (Å²) < 4.78 is 35.3. The van der Waals surface area contributed by atoms with Crippen LogP contribution >= 0.6 is 11.6 Å². The van der Waals surface area contributed by atoms with Crippen LogP contribution in [0.2, 0.25) is 5.02 Å². The fraction of sp³-hybridized carbons (Fsp3) is 0.393. The van der Waals surface area contributed by atoms with E-state index in [2.05, 4.69) is 55.5 Å². The van der Waals surface area contributed by atoms with E-state index in [-0.39, 0.29) is 10.9 Å². The zero-order valence-electron chi connectivity index (χ0n) is 22.2. The number of nitrogens with zero attached hydrogens (tertiary/aromatic N) is 3. The Labute approximate surface area is 220 Å². The van der Waals surface area contributed by atoms with E-state index in [1.165, 1.54) is 17.7 Å². The SMILES string of the molecule is CC(C)c1ccc(S(C)(=O)=O)nc1F.Cc1ncccc1C(C)C.[C-]#[N+]c1ccc(C(C)C)c(Cl)c1. The Morgan fingerprint density at radius 2 is 1.47 bits per heavy atom. The molecular formula is C28H35ClFN3O2S. The van der Waals surface area contributed by atoms with Crippen LogP contribution in [0.5, 0.6) is 0 Å². The van der Waals surface area contributed by atoms with Gasteiger partial charge in [-0.25, -0.2) is 18.2 Å². The van der Waals surface area contributed by atoms with Crippen LogP contribution in [-0.4, -0.2) is 24.6 Å². The highest BCUT2D eigenvalue weighted by Gasteiger charge is 2.14. The van der Waals surface area contributed by atoms with Gasteiger partial charge >= 0.3 is 0 Å². The molecule has 8 heteroatoms. The lowest BCUT2D eigenvalue weighted by atomic mass is 10.0. The van der Waals surface area contributed by atoms with Crippen LogP contribution in [0.25, 0.3) is 4.85 Å². The third-order valence-corrected chi connectivity index (χ3v) is 6.57. The van der Waals surface area contributed by atoms with Gasteiger partial charge in [0.1, 0.15) is 0 Å². The van der Waals surface area contributed by atoms with Crippen LogP contribution in [-0.2, 0) is 9.84 Å². The van der Waals surface area contributed by atoms with Gasteiger partial charge in [-0.05, 0) is 54.0 Å². The number of halogens is 2. The minimum atomic E-state index is -3.42. The lowest BCUT2D eigenvalue weighted by Gasteiger charge is -2.07. The maximum absolute atomic E-state index is 13.3. The molecule has 0 aliphatic carbocycles. The maximum atomic E-state index is 13.3. The van der Waals surface area contributed by atoms with Crippen molar-refractivity contribution in [3.05, 3.63) is 93.4 Å². The van der Waals surface area contributed by atoms with Crippen molar-refractivity contribution in [2.45, 2.75) is 71.2 Å². The highest BCUT2D eigenvalue weighted by molar-refractivity contribution is 7.90. The van der Waals surface area contributed by atoms with E-state index < -0.39 is 15.8 Å². The van der Waals surface area contributed by atoms with Gasteiger partial charge in [0.05, 0.1) is 6.57 Å². The summed E-state index contributed by atoms with van der Waals surface area (Å²) in [6.45, 7) is 21.0. The molecule has 0 saturated carbocycles. The van der Waals surface area contributed by atoms with Gasteiger partial charge < -0.3 is 0 Å². The summed E-state index contributed by atoms with van der Waals surface area (Å²) >= 11 is 5.96. The quantitative estimate of drug-likeness (QED) is 0.251. The summed E-state index contributed by atoms with van der Waals surface area (Å²) in [5, 5.41) is 0.470. The lowest BCUT2D eigenvalue weighted by molar-refractivity contribution is 0.537. The molecule has 3 rings (SSSR count). The Bertz CT molecular complexity index is 1300. The van der Waals surface area contributed by atoms with E-state index in [0.717, 1.165) is 17.5 Å². The van der Waals surface area contributed by atoms with Crippen LogP contribution in [0.15, 0.2) is 53.7 Å². The predicted octanol–water partition coefficient (Wildman–Crippen LogP) is 8.28. The van der Waals surface area contributed by atoms with Gasteiger partial charge in [-0.3, -0.25) is 4.98 Å². The van der Waals surface area contributed by atoms with Gasteiger partial charge in [0.25, 0.3) is 0 Å². The predicted molar refractivity (Wildman–Crippen MR) is 146 cm³/mol. The van der Waals surface area contributed by atoms with Crippen molar-refractivity contribution in [3.63, 3.8) is 0 Å². The summed E-state index contributed by atoms with van der Waals surface area (Å²) in [5.41, 5.74) is 4.63. The number of sulfone groups is 1. The largest absolute Gasteiger partial charge is 0.261 e. The Balaban J connectivity index is 0.000000274. The van der Waals surface area contributed by atoms with E-state index in [4.69, 9.17) is 18.2 Å². The lowest BCUT2D eigenvalue weighted by Crippen LogP contribution is -2.05. The number of hydrogen-bond donors (Lipinski definition) is 0.